The lowest BCUT2D eigenvalue weighted by molar-refractivity contribution is 0.0893. The zero-order valence-corrected chi connectivity index (χ0v) is 13.9. The predicted molar refractivity (Wildman–Crippen MR) is 83.9 cm³/mol. The van der Waals surface area contributed by atoms with E-state index >= 15 is 0 Å². The van der Waals surface area contributed by atoms with E-state index in [1.54, 1.807) is 0 Å². The van der Waals surface area contributed by atoms with Gasteiger partial charge in [-0.25, -0.2) is 0 Å². The first-order valence-corrected chi connectivity index (χ1v) is 8.42. The second-order valence-electron chi connectivity index (χ2n) is 7.11. The number of carbonyl (C=O) groups excluding carboxylic acids is 1. The monoisotopic (exact) mass is 338 g/mol. The summed E-state index contributed by atoms with van der Waals surface area (Å²) in [5.41, 5.74) is 1.16. The summed E-state index contributed by atoms with van der Waals surface area (Å²) in [6.07, 6.45) is 9.10. The highest BCUT2D eigenvalue weighted by Gasteiger charge is 2.31. The average Bonchev–Trinajstić information content (AvgIpc) is 3.11. The Bertz CT molecular complexity index is 517. The van der Waals surface area contributed by atoms with Crippen LogP contribution < -0.4 is 5.32 Å². The van der Waals surface area contributed by atoms with Crippen LogP contribution in [0.4, 0.5) is 0 Å². The third-order valence-corrected chi connectivity index (χ3v) is 4.96. The molecule has 1 aromatic rings. The Labute approximate surface area is 129 Å². The lowest BCUT2D eigenvalue weighted by Crippen LogP contribution is -2.41. The minimum atomic E-state index is 0.0882. The molecule has 1 heterocycles. The Morgan fingerprint density at radius 2 is 2.15 bits per heavy atom. The van der Waals surface area contributed by atoms with Gasteiger partial charge < -0.3 is 9.88 Å². The topological polar surface area (TPSA) is 34.0 Å². The Hall–Kier alpha value is -0.770. The van der Waals surface area contributed by atoms with Crippen molar-refractivity contribution in [1.29, 1.82) is 0 Å². The molecule has 1 aromatic heterocycles. The standard InChI is InChI=1S/C16H23BrN2O/c1-16(2)7-3-4-12(9-16)18-15(20)14-8-11(17)10-19(14)13-5-6-13/h8,10,12-13H,3-7,9H2,1-2H3,(H,18,20). The normalized spacial score (nSPS) is 25.4. The molecule has 3 nitrogen and oxygen atoms in total. The molecule has 110 valence electrons. The summed E-state index contributed by atoms with van der Waals surface area (Å²) in [6, 6.07) is 2.80. The van der Waals surface area contributed by atoms with Gasteiger partial charge in [0.05, 0.1) is 0 Å². The maximum absolute atomic E-state index is 12.5. The highest BCUT2D eigenvalue weighted by atomic mass is 79.9. The zero-order chi connectivity index (χ0) is 14.3. The quantitative estimate of drug-likeness (QED) is 0.876. The lowest BCUT2D eigenvalue weighted by atomic mass is 9.75. The van der Waals surface area contributed by atoms with Crippen LogP contribution in [-0.2, 0) is 0 Å². The largest absolute Gasteiger partial charge is 0.348 e. The second-order valence-corrected chi connectivity index (χ2v) is 8.03. The summed E-state index contributed by atoms with van der Waals surface area (Å²) >= 11 is 3.49. The van der Waals surface area contributed by atoms with Crippen molar-refractivity contribution in [3.05, 3.63) is 22.4 Å². The first-order valence-electron chi connectivity index (χ1n) is 7.63. The number of hydrogen-bond acceptors (Lipinski definition) is 1. The molecule has 0 saturated heterocycles. The van der Waals surface area contributed by atoms with Gasteiger partial charge in [0.15, 0.2) is 0 Å². The average molecular weight is 339 g/mol. The first-order chi connectivity index (χ1) is 9.44. The molecule has 1 unspecified atom stereocenters. The lowest BCUT2D eigenvalue weighted by Gasteiger charge is -2.35. The number of halogens is 1. The molecule has 0 spiro atoms. The molecular weight excluding hydrogens is 316 g/mol. The van der Waals surface area contributed by atoms with Gasteiger partial charge in [-0.05, 0) is 59.5 Å². The SMILES string of the molecule is CC1(C)CCCC(NC(=O)c2cc(Br)cn2C2CC2)C1. The van der Waals surface area contributed by atoms with Gasteiger partial charge in [0.2, 0.25) is 0 Å². The zero-order valence-electron chi connectivity index (χ0n) is 12.3. The van der Waals surface area contributed by atoms with E-state index in [-0.39, 0.29) is 5.91 Å². The molecule has 2 aliphatic rings. The molecule has 0 aromatic carbocycles. The molecule has 0 aliphatic heterocycles. The molecule has 3 rings (SSSR count). The first kappa shape index (κ1) is 14.2. The minimum absolute atomic E-state index is 0.0882. The fourth-order valence-electron chi connectivity index (χ4n) is 3.36. The fourth-order valence-corrected chi connectivity index (χ4v) is 3.80. The Balaban J connectivity index is 1.70. The molecule has 0 radical (unpaired) electrons. The van der Waals surface area contributed by atoms with Crippen LogP contribution in [0.3, 0.4) is 0 Å². The Kier molecular flexibility index (Phi) is 3.69. The van der Waals surface area contributed by atoms with E-state index in [1.807, 2.05) is 12.3 Å². The Morgan fingerprint density at radius 3 is 2.80 bits per heavy atom. The number of nitrogens with one attached hydrogen (secondary N) is 1. The van der Waals surface area contributed by atoms with Gasteiger partial charge in [-0.15, -0.1) is 0 Å². The summed E-state index contributed by atoms with van der Waals surface area (Å²) in [4.78, 5) is 12.5. The molecule has 2 aliphatic carbocycles. The number of nitrogens with zero attached hydrogens (tertiary/aromatic N) is 1. The van der Waals surface area contributed by atoms with Crippen molar-refractivity contribution in [3.63, 3.8) is 0 Å². The summed E-state index contributed by atoms with van der Waals surface area (Å²) < 4.78 is 3.13. The van der Waals surface area contributed by atoms with E-state index in [4.69, 9.17) is 0 Å². The number of aromatic nitrogens is 1. The summed E-state index contributed by atoms with van der Waals surface area (Å²) in [5, 5.41) is 3.25. The summed E-state index contributed by atoms with van der Waals surface area (Å²) in [7, 11) is 0. The molecule has 1 N–H and O–H groups in total. The third-order valence-electron chi connectivity index (χ3n) is 4.53. The van der Waals surface area contributed by atoms with E-state index < -0.39 is 0 Å². The summed E-state index contributed by atoms with van der Waals surface area (Å²) in [5.74, 6) is 0.0882. The smallest absolute Gasteiger partial charge is 0.268 e. The van der Waals surface area contributed by atoms with Crippen LogP contribution in [0.15, 0.2) is 16.7 Å². The van der Waals surface area contributed by atoms with Crippen LogP contribution >= 0.6 is 15.9 Å². The van der Waals surface area contributed by atoms with E-state index in [2.05, 4.69) is 39.7 Å². The van der Waals surface area contributed by atoms with E-state index in [0.29, 0.717) is 17.5 Å². The van der Waals surface area contributed by atoms with E-state index in [0.717, 1.165) is 23.0 Å². The van der Waals surface area contributed by atoms with Crippen molar-refractivity contribution in [2.24, 2.45) is 5.41 Å². The highest BCUT2D eigenvalue weighted by Crippen LogP contribution is 2.38. The number of rotatable bonds is 3. The van der Waals surface area contributed by atoms with Crippen LogP contribution in [0.2, 0.25) is 0 Å². The van der Waals surface area contributed by atoms with Crippen molar-refractivity contribution in [3.8, 4) is 0 Å². The maximum atomic E-state index is 12.5. The molecular formula is C16H23BrN2O. The minimum Gasteiger partial charge on any atom is -0.348 e. The van der Waals surface area contributed by atoms with Crippen molar-refractivity contribution >= 4 is 21.8 Å². The number of amides is 1. The molecule has 20 heavy (non-hydrogen) atoms. The van der Waals surface area contributed by atoms with Gasteiger partial charge >= 0.3 is 0 Å². The van der Waals surface area contributed by atoms with Crippen molar-refractivity contribution < 1.29 is 4.79 Å². The van der Waals surface area contributed by atoms with Crippen LogP contribution in [0.1, 0.15) is 68.9 Å². The maximum Gasteiger partial charge on any atom is 0.268 e. The van der Waals surface area contributed by atoms with Crippen LogP contribution in [0.25, 0.3) is 0 Å². The van der Waals surface area contributed by atoms with E-state index in [1.165, 1.54) is 25.7 Å². The van der Waals surface area contributed by atoms with Gasteiger partial charge in [0, 0.05) is 22.8 Å². The molecule has 2 fully saturated rings. The van der Waals surface area contributed by atoms with Crippen LogP contribution in [-0.4, -0.2) is 16.5 Å². The van der Waals surface area contributed by atoms with Crippen molar-refractivity contribution in [2.75, 3.05) is 0 Å². The second kappa shape index (κ2) is 5.21. The third kappa shape index (κ3) is 3.11. The molecule has 0 bridgehead atoms. The van der Waals surface area contributed by atoms with Gasteiger partial charge in [0.25, 0.3) is 5.91 Å². The molecule has 4 heteroatoms. The van der Waals surface area contributed by atoms with Gasteiger partial charge in [-0.3, -0.25) is 4.79 Å². The number of carbonyl (C=O) groups is 1. The highest BCUT2D eigenvalue weighted by molar-refractivity contribution is 9.10. The van der Waals surface area contributed by atoms with E-state index in [9.17, 15) is 4.79 Å². The van der Waals surface area contributed by atoms with Gasteiger partial charge in [0.1, 0.15) is 5.69 Å². The van der Waals surface area contributed by atoms with Gasteiger partial charge in [-0.1, -0.05) is 20.3 Å². The number of hydrogen-bond donors (Lipinski definition) is 1. The fraction of sp³-hybridized carbons (Fsp3) is 0.688. The summed E-state index contributed by atoms with van der Waals surface area (Å²) in [6.45, 7) is 4.60. The predicted octanol–water partition coefficient (Wildman–Crippen LogP) is 4.28. The van der Waals surface area contributed by atoms with Crippen molar-refractivity contribution in [2.45, 2.75) is 64.5 Å². The van der Waals surface area contributed by atoms with Crippen LogP contribution in [0.5, 0.6) is 0 Å². The molecule has 1 atom stereocenters. The molecule has 2 saturated carbocycles. The Morgan fingerprint density at radius 1 is 1.40 bits per heavy atom. The van der Waals surface area contributed by atoms with Gasteiger partial charge in [-0.2, -0.15) is 0 Å². The molecule has 1 amide bonds. The van der Waals surface area contributed by atoms with Crippen molar-refractivity contribution in [1.82, 2.24) is 9.88 Å². The van der Waals surface area contributed by atoms with Crippen LogP contribution in [0, 0.1) is 5.41 Å².